The number of hydrogen-bond acceptors (Lipinski definition) is 2. The van der Waals surface area contributed by atoms with E-state index in [0.717, 1.165) is 12.2 Å². The summed E-state index contributed by atoms with van der Waals surface area (Å²) in [7, 11) is 0. The van der Waals surface area contributed by atoms with Gasteiger partial charge in [-0.25, -0.2) is 8.78 Å². The number of rotatable bonds is 6. The molecule has 1 N–H and O–H groups in total. The average Bonchev–Trinajstić information content (AvgIpc) is 2.03. The van der Waals surface area contributed by atoms with E-state index in [1.807, 2.05) is 13.2 Å². The second-order valence-electron chi connectivity index (χ2n) is 2.85. The van der Waals surface area contributed by atoms with Crippen LogP contribution in [-0.4, -0.2) is 30.5 Å². The Morgan fingerprint density at radius 3 is 2.33 bits per heavy atom. The summed E-state index contributed by atoms with van der Waals surface area (Å²) in [4.78, 5) is 0. The number of hydrogen-bond donors (Lipinski definition) is 1. The fraction of sp³-hybridized carbons (Fsp3) is 1.00. The molecule has 0 amide bonds. The fourth-order valence-corrected chi connectivity index (χ4v) is 1.66. The Bertz CT molecular complexity index is 111. The summed E-state index contributed by atoms with van der Waals surface area (Å²) in [6, 6.07) is -0.480. The molecule has 0 spiro atoms. The van der Waals surface area contributed by atoms with E-state index in [9.17, 15) is 8.78 Å². The van der Waals surface area contributed by atoms with Gasteiger partial charge in [0.25, 0.3) is 6.43 Å². The van der Waals surface area contributed by atoms with Crippen LogP contribution in [0.1, 0.15) is 20.3 Å². The van der Waals surface area contributed by atoms with Gasteiger partial charge in [-0.05, 0) is 19.6 Å². The smallest absolute Gasteiger partial charge is 0.253 e. The van der Waals surface area contributed by atoms with Gasteiger partial charge in [0.2, 0.25) is 0 Å². The molecule has 0 aliphatic heterocycles. The van der Waals surface area contributed by atoms with Crippen LogP contribution in [0.4, 0.5) is 8.78 Å². The van der Waals surface area contributed by atoms with E-state index in [1.54, 1.807) is 11.8 Å². The Labute approximate surface area is 77.3 Å². The maximum Gasteiger partial charge on any atom is 0.253 e. The SMILES string of the molecule is CCC(CSC)NC(C)C(F)F. The van der Waals surface area contributed by atoms with Crippen molar-refractivity contribution in [1.82, 2.24) is 5.32 Å². The standard InChI is InChI=1S/C8H17F2NS/c1-4-7(5-12-3)11-6(2)8(9)10/h6-8,11H,4-5H2,1-3H3. The highest BCUT2D eigenvalue weighted by Gasteiger charge is 2.17. The summed E-state index contributed by atoms with van der Waals surface area (Å²) in [5.74, 6) is 0.896. The lowest BCUT2D eigenvalue weighted by molar-refractivity contribution is 0.101. The van der Waals surface area contributed by atoms with Crippen LogP contribution in [-0.2, 0) is 0 Å². The van der Waals surface area contributed by atoms with Crippen molar-refractivity contribution in [3.8, 4) is 0 Å². The van der Waals surface area contributed by atoms with Crippen molar-refractivity contribution in [2.45, 2.75) is 38.8 Å². The first-order valence-corrected chi connectivity index (χ1v) is 5.54. The van der Waals surface area contributed by atoms with Gasteiger partial charge in [-0.3, -0.25) is 0 Å². The van der Waals surface area contributed by atoms with Crippen molar-refractivity contribution in [3.63, 3.8) is 0 Å². The molecular formula is C8H17F2NS. The zero-order chi connectivity index (χ0) is 9.56. The van der Waals surface area contributed by atoms with Crippen LogP contribution in [0, 0.1) is 0 Å². The highest BCUT2D eigenvalue weighted by Crippen LogP contribution is 2.06. The Kier molecular flexibility index (Phi) is 6.76. The third-order valence-electron chi connectivity index (χ3n) is 1.74. The van der Waals surface area contributed by atoms with Gasteiger partial charge < -0.3 is 5.32 Å². The third kappa shape index (κ3) is 4.93. The molecule has 0 heterocycles. The topological polar surface area (TPSA) is 12.0 Å². The molecule has 0 rings (SSSR count). The second-order valence-corrected chi connectivity index (χ2v) is 3.76. The molecule has 0 saturated carbocycles. The lowest BCUT2D eigenvalue weighted by Crippen LogP contribution is -2.41. The Balaban J connectivity index is 3.68. The molecule has 0 aromatic rings. The summed E-state index contributed by atoms with van der Waals surface area (Å²) >= 11 is 1.68. The molecule has 2 unspecified atom stereocenters. The first-order chi connectivity index (χ1) is 5.61. The predicted molar refractivity (Wildman–Crippen MR) is 51.1 cm³/mol. The van der Waals surface area contributed by atoms with Gasteiger partial charge in [0.1, 0.15) is 0 Å². The minimum atomic E-state index is -2.26. The van der Waals surface area contributed by atoms with Crippen LogP contribution in [0.2, 0.25) is 0 Å². The zero-order valence-corrected chi connectivity index (χ0v) is 8.63. The Hall–Kier alpha value is 0.170. The lowest BCUT2D eigenvalue weighted by Gasteiger charge is -2.20. The third-order valence-corrected chi connectivity index (χ3v) is 2.47. The van der Waals surface area contributed by atoms with E-state index < -0.39 is 12.5 Å². The summed E-state index contributed by atoms with van der Waals surface area (Å²) < 4.78 is 24.2. The quantitative estimate of drug-likeness (QED) is 0.701. The molecule has 0 aromatic heterocycles. The summed E-state index contributed by atoms with van der Waals surface area (Å²) in [6.07, 6.45) is 0.621. The maximum absolute atomic E-state index is 12.1. The average molecular weight is 197 g/mol. The van der Waals surface area contributed by atoms with Crippen LogP contribution in [0.3, 0.4) is 0 Å². The largest absolute Gasteiger partial charge is 0.306 e. The van der Waals surface area contributed by atoms with Crippen molar-refractivity contribution >= 4 is 11.8 Å². The van der Waals surface area contributed by atoms with Gasteiger partial charge in [-0.15, -0.1) is 0 Å². The van der Waals surface area contributed by atoms with Crippen LogP contribution >= 0.6 is 11.8 Å². The number of halogens is 2. The molecular weight excluding hydrogens is 180 g/mol. The van der Waals surface area contributed by atoms with Gasteiger partial charge >= 0.3 is 0 Å². The lowest BCUT2D eigenvalue weighted by atomic mass is 10.2. The van der Waals surface area contributed by atoms with Crippen LogP contribution in [0.15, 0.2) is 0 Å². The van der Waals surface area contributed by atoms with E-state index in [0.29, 0.717) is 0 Å². The van der Waals surface area contributed by atoms with Gasteiger partial charge in [-0.1, -0.05) is 6.92 Å². The van der Waals surface area contributed by atoms with Crippen LogP contribution in [0.25, 0.3) is 0 Å². The Morgan fingerprint density at radius 2 is 2.00 bits per heavy atom. The molecule has 1 nitrogen and oxygen atoms in total. The maximum atomic E-state index is 12.1. The van der Waals surface area contributed by atoms with Gasteiger partial charge in [0.15, 0.2) is 0 Å². The molecule has 12 heavy (non-hydrogen) atoms. The van der Waals surface area contributed by atoms with E-state index in [4.69, 9.17) is 0 Å². The molecule has 0 radical (unpaired) electrons. The highest BCUT2D eigenvalue weighted by molar-refractivity contribution is 7.98. The van der Waals surface area contributed by atoms with Crippen LogP contribution < -0.4 is 5.32 Å². The molecule has 0 fully saturated rings. The summed E-state index contributed by atoms with van der Waals surface area (Å²) in [6.45, 7) is 3.53. The van der Waals surface area contributed by atoms with Crippen molar-refractivity contribution in [2.24, 2.45) is 0 Å². The molecule has 0 aliphatic rings. The normalized spacial score (nSPS) is 16.5. The summed E-state index contributed by atoms with van der Waals surface area (Å²) in [5.41, 5.74) is 0. The second kappa shape index (κ2) is 6.66. The molecule has 0 bridgehead atoms. The van der Waals surface area contributed by atoms with Crippen molar-refractivity contribution in [2.75, 3.05) is 12.0 Å². The predicted octanol–water partition coefficient (Wildman–Crippen LogP) is 2.37. The Morgan fingerprint density at radius 1 is 1.42 bits per heavy atom. The van der Waals surface area contributed by atoms with Crippen LogP contribution in [0.5, 0.6) is 0 Å². The molecule has 0 saturated heterocycles. The van der Waals surface area contributed by atoms with E-state index in [2.05, 4.69) is 5.32 Å². The zero-order valence-electron chi connectivity index (χ0n) is 7.81. The number of nitrogens with one attached hydrogen (secondary N) is 1. The summed E-state index contributed by atoms with van der Waals surface area (Å²) in [5, 5.41) is 2.90. The minimum absolute atomic E-state index is 0.212. The molecule has 2 atom stereocenters. The molecule has 0 aromatic carbocycles. The first kappa shape index (κ1) is 12.2. The molecule has 74 valence electrons. The fourth-order valence-electron chi connectivity index (χ4n) is 0.930. The number of thioether (sulfide) groups is 1. The first-order valence-electron chi connectivity index (χ1n) is 4.14. The van der Waals surface area contributed by atoms with E-state index >= 15 is 0 Å². The van der Waals surface area contributed by atoms with Gasteiger partial charge in [0, 0.05) is 11.8 Å². The molecule has 0 aliphatic carbocycles. The minimum Gasteiger partial charge on any atom is -0.306 e. The van der Waals surface area contributed by atoms with Gasteiger partial charge in [-0.2, -0.15) is 11.8 Å². The highest BCUT2D eigenvalue weighted by atomic mass is 32.2. The van der Waals surface area contributed by atoms with Crippen molar-refractivity contribution in [1.29, 1.82) is 0 Å². The van der Waals surface area contributed by atoms with Crippen molar-refractivity contribution < 1.29 is 8.78 Å². The van der Waals surface area contributed by atoms with E-state index in [-0.39, 0.29) is 6.04 Å². The van der Waals surface area contributed by atoms with Crippen molar-refractivity contribution in [3.05, 3.63) is 0 Å². The van der Waals surface area contributed by atoms with Gasteiger partial charge in [0.05, 0.1) is 6.04 Å². The number of alkyl halides is 2. The van der Waals surface area contributed by atoms with E-state index in [1.165, 1.54) is 6.92 Å². The monoisotopic (exact) mass is 197 g/mol. The molecule has 4 heteroatoms.